The Morgan fingerprint density at radius 2 is 1.62 bits per heavy atom. The van der Waals surface area contributed by atoms with Crippen LogP contribution < -0.4 is 4.90 Å². The fourth-order valence-corrected chi connectivity index (χ4v) is 3.85. The number of hydrogen-bond donors (Lipinski definition) is 0. The molecule has 0 unspecified atom stereocenters. The van der Waals surface area contributed by atoms with Crippen LogP contribution in [-0.4, -0.2) is 61.0 Å². The molecule has 2 fully saturated rings. The van der Waals surface area contributed by atoms with E-state index in [0.717, 1.165) is 57.8 Å². The Kier molecular flexibility index (Phi) is 7.31. The number of nitriles is 1. The molecule has 26 heavy (non-hydrogen) atoms. The minimum absolute atomic E-state index is 0. The first-order valence-corrected chi connectivity index (χ1v) is 9.36. The number of anilines is 1. The van der Waals surface area contributed by atoms with Gasteiger partial charge in [-0.1, -0.05) is 0 Å². The maximum Gasteiger partial charge on any atom is 0.225 e. The van der Waals surface area contributed by atoms with Crippen LogP contribution >= 0.6 is 12.4 Å². The van der Waals surface area contributed by atoms with Crippen LogP contribution in [0.15, 0.2) is 24.3 Å². The fourth-order valence-electron chi connectivity index (χ4n) is 3.85. The summed E-state index contributed by atoms with van der Waals surface area (Å²) in [6, 6.07) is 10.5. The molecule has 0 atom stereocenters. The molecule has 0 spiro atoms. The molecule has 6 heteroatoms. The number of piperidine rings is 1. The third-order valence-corrected chi connectivity index (χ3v) is 5.56. The molecule has 1 aromatic carbocycles. The van der Waals surface area contributed by atoms with E-state index in [4.69, 9.17) is 5.26 Å². The van der Waals surface area contributed by atoms with E-state index in [0.29, 0.717) is 17.5 Å². The standard InChI is InChI=1S/C20H28N4O.ClH/c1-16(2)22-11-13-24(14-12-22)20(25)18-7-9-23(10-8-18)19-5-3-17(15-21)4-6-19;/h3-6,16,18H,7-14H2,1-2H3;1H. The normalized spacial score (nSPS) is 19.2. The first-order valence-electron chi connectivity index (χ1n) is 9.36. The van der Waals surface area contributed by atoms with Crippen molar-refractivity contribution in [2.45, 2.75) is 32.7 Å². The molecule has 2 saturated heterocycles. The molecule has 142 valence electrons. The van der Waals surface area contributed by atoms with Gasteiger partial charge in [-0.15, -0.1) is 12.4 Å². The zero-order chi connectivity index (χ0) is 17.8. The van der Waals surface area contributed by atoms with Gasteiger partial charge in [0.05, 0.1) is 11.6 Å². The van der Waals surface area contributed by atoms with E-state index in [-0.39, 0.29) is 18.3 Å². The molecule has 1 aromatic rings. The lowest BCUT2D eigenvalue weighted by Crippen LogP contribution is -2.53. The van der Waals surface area contributed by atoms with Gasteiger partial charge in [-0.2, -0.15) is 5.26 Å². The third kappa shape index (κ3) is 4.69. The quantitative estimate of drug-likeness (QED) is 0.813. The molecule has 3 rings (SSSR count). The van der Waals surface area contributed by atoms with Crippen molar-refractivity contribution in [3.05, 3.63) is 29.8 Å². The van der Waals surface area contributed by atoms with E-state index in [9.17, 15) is 4.79 Å². The number of nitrogens with zero attached hydrogens (tertiary/aromatic N) is 4. The van der Waals surface area contributed by atoms with E-state index in [1.807, 2.05) is 24.3 Å². The van der Waals surface area contributed by atoms with E-state index >= 15 is 0 Å². The first kappa shape index (κ1) is 20.5. The van der Waals surface area contributed by atoms with Crippen LogP contribution in [-0.2, 0) is 4.79 Å². The van der Waals surface area contributed by atoms with Gasteiger partial charge < -0.3 is 9.80 Å². The van der Waals surface area contributed by atoms with Crippen LogP contribution in [0.3, 0.4) is 0 Å². The van der Waals surface area contributed by atoms with Crippen LogP contribution in [0.2, 0.25) is 0 Å². The molecule has 5 nitrogen and oxygen atoms in total. The number of piperazine rings is 1. The summed E-state index contributed by atoms with van der Waals surface area (Å²) in [4.78, 5) is 19.6. The lowest BCUT2D eigenvalue weighted by molar-refractivity contribution is -0.138. The predicted octanol–water partition coefficient (Wildman–Crippen LogP) is 2.75. The van der Waals surface area contributed by atoms with Crippen molar-refractivity contribution in [1.29, 1.82) is 5.26 Å². The summed E-state index contributed by atoms with van der Waals surface area (Å²) in [6.07, 6.45) is 1.84. The zero-order valence-electron chi connectivity index (χ0n) is 15.7. The Morgan fingerprint density at radius 1 is 1.04 bits per heavy atom. The van der Waals surface area contributed by atoms with Gasteiger partial charge in [0.1, 0.15) is 0 Å². The Balaban J connectivity index is 0.00000243. The largest absolute Gasteiger partial charge is 0.371 e. The van der Waals surface area contributed by atoms with Crippen molar-refractivity contribution in [3.63, 3.8) is 0 Å². The van der Waals surface area contributed by atoms with Crippen molar-refractivity contribution in [2.24, 2.45) is 5.92 Å². The molecular formula is C20H29ClN4O. The van der Waals surface area contributed by atoms with Crippen molar-refractivity contribution >= 4 is 24.0 Å². The number of carbonyl (C=O) groups excluding carboxylic acids is 1. The summed E-state index contributed by atoms with van der Waals surface area (Å²) in [5.41, 5.74) is 1.84. The zero-order valence-corrected chi connectivity index (χ0v) is 16.5. The average Bonchev–Trinajstić information content (AvgIpc) is 2.67. The highest BCUT2D eigenvalue weighted by Crippen LogP contribution is 2.25. The summed E-state index contributed by atoms with van der Waals surface area (Å²) in [6.45, 7) is 9.98. The molecule has 0 radical (unpaired) electrons. The minimum atomic E-state index is 0. The van der Waals surface area contributed by atoms with Crippen molar-refractivity contribution in [2.75, 3.05) is 44.2 Å². The van der Waals surface area contributed by atoms with Crippen LogP contribution in [0, 0.1) is 17.2 Å². The van der Waals surface area contributed by atoms with E-state index in [1.165, 1.54) is 0 Å². The van der Waals surface area contributed by atoms with Gasteiger partial charge >= 0.3 is 0 Å². The molecule has 2 aliphatic rings. The molecular weight excluding hydrogens is 348 g/mol. The first-order chi connectivity index (χ1) is 12.1. The Bertz CT molecular complexity index is 624. The summed E-state index contributed by atoms with van der Waals surface area (Å²) in [5.74, 6) is 0.517. The van der Waals surface area contributed by atoms with Gasteiger partial charge in [-0.05, 0) is 51.0 Å². The van der Waals surface area contributed by atoms with Crippen LogP contribution in [0.5, 0.6) is 0 Å². The molecule has 0 N–H and O–H groups in total. The number of halogens is 1. The Hall–Kier alpha value is -1.77. The number of carbonyl (C=O) groups is 1. The smallest absolute Gasteiger partial charge is 0.225 e. The fraction of sp³-hybridized carbons (Fsp3) is 0.600. The lowest BCUT2D eigenvalue weighted by atomic mass is 9.94. The second-order valence-corrected chi connectivity index (χ2v) is 7.38. The van der Waals surface area contributed by atoms with Crippen molar-refractivity contribution in [3.8, 4) is 6.07 Å². The van der Waals surface area contributed by atoms with E-state index < -0.39 is 0 Å². The van der Waals surface area contributed by atoms with Gasteiger partial charge in [0.2, 0.25) is 5.91 Å². The predicted molar refractivity (Wildman–Crippen MR) is 107 cm³/mol. The summed E-state index contributed by atoms with van der Waals surface area (Å²) >= 11 is 0. The molecule has 0 saturated carbocycles. The molecule has 0 aromatic heterocycles. The Morgan fingerprint density at radius 3 is 2.12 bits per heavy atom. The van der Waals surface area contributed by atoms with E-state index in [2.05, 4.69) is 34.6 Å². The SMILES string of the molecule is CC(C)N1CCN(C(=O)C2CCN(c3ccc(C#N)cc3)CC2)CC1.Cl. The molecule has 0 bridgehead atoms. The second-order valence-electron chi connectivity index (χ2n) is 7.38. The van der Waals surface area contributed by atoms with Gasteiger partial charge in [-0.25, -0.2) is 0 Å². The lowest BCUT2D eigenvalue weighted by Gasteiger charge is -2.40. The van der Waals surface area contributed by atoms with Crippen molar-refractivity contribution < 1.29 is 4.79 Å². The number of benzene rings is 1. The average molecular weight is 377 g/mol. The van der Waals surface area contributed by atoms with Gasteiger partial charge in [0.15, 0.2) is 0 Å². The molecule has 1 amide bonds. The van der Waals surface area contributed by atoms with Crippen LogP contribution in [0.25, 0.3) is 0 Å². The maximum absolute atomic E-state index is 12.8. The number of rotatable bonds is 3. The minimum Gasteiger partial charge on any atom is -0.371 e. The topological polar surface area (TPSA) is 50.6 Å². The molecule has 0 aliphatic carbocycles. The van der Waals surface area contributed by atoms with E-state index in [1.54, 1.807) is 0 Å². The summed E-state index contributed by atoms with van der Waals surface area (Å²) < 4.78 is 0. The summed E-state index contributed by atoms with van der Waals surface area (Å²) in [7, 11) is 0. The van der Waals surface area contributed by atoms with Crippen LogP contribution in [0.4, 0.5) is 5.69 Å². The molecule has 2 heterocycles. The Labute approximate surface area is 163 Å². The second kappa shape index (κ2) is 9.25. The number of hydrogen-bond acceptors (Lipinski definition) is 4. The van der Waals surface area contributed by atoms with Gasteiger partial charge in [0.25, 0.3) is 0 Å². The highest BCUT2D eigenvalue weighted by molar-refractivity contribution is 5.85. The van der Waals surface area contributed by atoms with Crippen LogP contribution in [0.1, 0.15) is 32.3 Å². The number of amides is 1. The summed E-state index contributed by atoms with van der Waals surface area (Å²) in [5, 5.41) is 8.90. The van der Waals surface area contributed by atoms with Crippen molar-refractivity contribution in [1.82, 2.24) is 9.80 Å². The van der Waals surface area contributed by atoms with Gasteiger partial charge in [0, 0.05) is 56.9 Å². The van der Waals surface area contributed by atoms with Gasteiger partial charge in [-0.3, -0.25) is 9.69 Å². The highest BCUT2D eigenvalue weighted by Gasteiger charge is 2.30. The maximum atomic E-state index is 12.8. The molecule has 2 aliphatic heterocycles. The third-order valence-electron chi connectivity index (χ3n) is 5.56. The highest BCUT2D eigenvalue weighted by atomic mass is 35.5. The monoisotopic (exact) mass is 376 g/mol.